The number of fused-ring (bicyclic) bond motifs is 1. The lowest BCUT2D eigenvalue weighted by Crippen LogP contribution is -2.47. The molecule has 0 unspecified atom stereocenters. The van der Waals surface area contributed by atoms with E-state index in [1.165, 1.54) is 17.4 Å². The van der Waals surface area contributed by atoms with Crippen molar-refractivity contribution in [2.24, 2.45) is 0 Å². The first-order valence-corrected chi connectivity index (χ1v) is 11.3. The van der Waals surface area contributed by atoms with E-state index in [0.29, 0.717) is 5.69 Å². The number of nitrogens with zero attached hydrogens (tertiary/aromatic N) is 5. The Labute approximate surface area is 191 Å². The Hall–Kier alpha value is -3.52. The SMILES string of the molecule is COc1ccc(N2CCN(c3ncnc(Sc4cccc5cccnc45)c3N)CC2)cc1. The van der Waals surface area contributed by atoms with Crippen molar-refractivity contribution < 1.29 is 4.74 Å². The Morgan fingerprint density at radius 2 is 1.62 bits per heavy atom. The molecule has 0 radical (unpaired) electrons. The van der Waals surface area contributed by atoms with Crippen LogP contribution in [0.2, 0.25) is 0 Å². The lowest BCUT2D eigenvalue weighted by atomic mass is 10.2. The molecule has 0 aliphatic carbocycles. The Morgan fingerprint density at radius 1 is 0.875 bits per heavy atom. The number of methoxy groups -OCH3 is 1. The molecular weight excluding hydrogens is 420 g/mol. The summed E-state index contributed by atoms with van der Waals surface area (Å²) in [5.74, 6) is 1.66. The minimum absolute atomic E-state index is 0.614. The van der Waals surface area contributed by atoms with Crippen LogP contribution in [0.15, 0.2) is 77.0 Å². The van der Waals surface area contributed by atoms with Gasteiger partial charge < -0.3 is 20.3 Å². The Morgan fingerprint density at radius 3 is 2.41 bits per heavy atom. The average molecular weight is 445 g/mol. The molecule has 3 heterocycles. The minimum Gasteiger partial charge on any atom is -0.497 e. The molecule has 7 nitrogen and oxygen atoms in total. The fourth-order valence-electron chi connectivity index (χ4n) is 3.94. The first-order valence-electron chi connectivity index (χ1n) is 10.5. The molecule has 0 atom stereocenters. The number of para-hydroxylation sites is 1. The number of aromatic nitrogens is 3. The summed E-state index contributed by atoms with van der Waals surface area (Å²) < 4.78 is 5.26. The van der Waals surface area contributed by atoms with Crippen molar-refractivity contribution in [2.45, 2.75) is 9.92 Å². The van der Waals surface area contributed by atoms with E-state index >= 15 is 0 Å². The highest BCUT2D eigenvalue weighted by atomic mass is 32.2. The van der Waals surface area contributed by atoms with Gasteiger partial charge in [-0.2, -0.15) is 0 Å². The van der Waals surface area contributed by atoms with Gasteiger partial charge in [-0.15, -0.1) is 0 Å². The lowest BCUT2D eigenvalue weighted by molar-refractivity contribution is 0.415. The third-order valence-electron chi connectivity index (χ3n) is 5.65. The highest BCUT2D eigenvalue weighted by molar-refractivity contribution is 7.99. The van der Waals surface area contributed by atoms with Gasteiger partial charge in [0, 0.05) is 48.3 Å². The predicted molar refractivity (Wildman–Crippen MR) is 130 cm³/mol. The maximum absolute atomic E-state index is 6.55. The van der Waals surface area contributed by atoms with E-state index in [1.807, 2.05) is 30.5 Å². The number of hydrogen-bond donors (Lipinski definition) is 1. The van der Waals surface area contributed by atoms with E-state index in [9.17, 15) is 0 Å². The second kappa shape index (κ2) is 8.92. The molecule has 0 saturated carbocycles. The van der Waals surface area contributed by atoms with Crippen molar-refractivity contribution in [3.05, 3.63) is 67.1 Å². The van der Waals surface area contributed by atoms with Gasteiger partial charge >= 0.3 is 0 Å². The summed E-state index contributed by atoms with van der Waals surface area (Å²) in [6.07, 6.45) is 3.41. The summed E-state index contributed by atoms with van der Waals surface area (Å²) in [4.78, 5) is 19.2. The number of nitrogens with two attached hydrogens (primary N) is 1. The van der Waals surface area contributed by atoms with Gasteiger partial charge in [0.05, 0.1) is 12.6 Å². The molecule has 5 rings (SSSR count). The molecule has 1 aliphatic heterocycles. The van der Waals surface area contributed by atoms with Gasteiger partial charge in [0.25, 0.3) is 0 Å². The number of hydrogen-bond acceptors (Lipinski definition) is 8. The van der Waals surface area contributed by atoms with Crippen LogP contribution in [-0.4, -0.2) is 48.2 Å². The Kier molecular flexibility index (Phi) is 5.68. The minimum atomic E-state index is 0.614. The lowest BCUT2D eigenvalue weighted by Gasteiger charge is -2.37. The quantitative estimate of drug-likeness (QED) is 0.461. The molecule has 2 N–H and O–H groups in total. The highest BCUT2D eigenvalue weighted by Gasteiger charge is 2.22. The monoisotopic (exact) mass is 444 g/mol. The van der Waals surface area contributed by atoms with Crippen LogP contribution in [0.4, 0.5) is 17.2 Å². The van der Waals surface area contributed by atoms with Crippen LogP contribution in [0.25, 0.3) is 10.9 Å². The molecule has 2 aromatic carbocycles. The van der Waals surface area contributed by atoms with Gasteiger partial charge in [-0.3, -0.25) is 4.98 Å². The van der Waals surface area contributed by atoms with E-state index in [2.05, 4.69) is 55.1 Å². The third kappa shape index (κ3) is 4.01. The first-order chi connectivity index (χ1) is 15.7. The van der Waals surface area contributed by atoms with Crippen molar-refractivity contribution in [1.82, 2.24) is 15.0 Å². The summed E-state index contributed by atoms with van der Waals surface area (Å²) in [5, 5.41) is 1.85. The Balaban J connectivity index is 1.33. The van der Waals surface area contributed by atoms with Crippen LogP contribution < -0.4 is 20.3 Å². The normalized spacial score (nSPS) is 14.0. The second-order valence-corrected chi connectivity index (χ2v) is 8.55. The zero-order chi connectivity index (χ0) is 21.9. The van der Waals surface area contributed by atoms with Crippen LogP contribution in [0.5, 0.6) is 5.75 Å². The van der Waals surface area contributed by atoms with Crippen molar-refractivity contribution >= 4 is 39.9 Å². The van der Waals surface area contributed by atoms with Crippen LogP contribution >= 0.6 is 11.8 Å². The zero-order valence-electron chi connectivity index (χ0n) is 17.8. The summed E-state index contributed by atoms with van der Waals surface area (Å²) in [7, 11) is 1.68. The molecule has 1 aliphatic rings. The summed E-state index contributed by atoms with van der Waals surface area (Å²) >= 11 is 1.54. The molecule has 0 bridgehead atoms. The topological polar surface area (TPSA) is 80.4 Å². The molecule has 2 aromatic heterocycles. The fourth-order valence-corrected chi connectivity index (χ4v) is 4.86. The van der Waals surface area contributed by atoms with E-state index < -0.39 is 0 Å². The van der Waals surface area contributed by atoms with Crippen LogP contribution in [0.1, 0.15) is 0 Å². The van der Waals surface area contributed by atoms with Crippen molar-refractivity contribution in [2.75, 3.05) is 48.8 Å². The summed E-state index contributed by atoms with van der Waals surface area (Å²) in [6.45, 7) is 3.47. The molecule has 8 heteroatoms. The third-order valence-corrected chi connectivity index (χ3v) is 6.71. The van der Waals surface area contributed by atoms with E-state index in [4.69, 9.17) is 10.5 Å². The Bertz CT molecular complexity index is 1220. The smallest absolute Gasteiger partial charge is 0.156 e. The first kappa shape index (κ1) is 20.4. The van der Waals surface area contributed by atoms with E-state index in [0.717, 1.165) is 58.6 Å². The maximum Gasteiger partial charge on any atom is 0.156 e. The number of piperazine rings is 1. The van der Waals surface area contributed by atoms with E-state index in [1.54, 1.807) is 13.4 Å². The predicted octanol–water partition coefficient (Wildman–Crippen LogP) is 4.09. The van der Waals surface area contributed by atoms with E-state index in [-0.39, 0.29) is 0 Å². The van der Waals surface area contributed by atoms with Gasteiger partial charge in [-0.05, 0) is 36.4 Å². The largest absolute Gasteiger partial charge is 0.497 e. The second-order valence-electron chi connectivity index (χ2n) is 7.52. The zero-order valence-corrected chi connectivity index (χ0v) is 18.6. The van der Waals surface area contributed by atoms with Crippen LogP contribution in [0, 0.1) is 0 Å². The number of rotatable bonds is 5. The fraction of sp³-hybridized carbons (Fsp3) is 0.208. The highest BCUT2D eigenvalue weighted by Crippen LogP contribution is 2.37. The summed E-state index contributed by atoms with van der Waals surface area (Å²) in [5.41, 5.74) is 9.31. The average Bonchev–Trinajstić information content (AvgIpc) is 2.86. The molecule has 162 valence electrons. The summed E-state index contributed by atoms with van der Waals surface area (Å²) in [6, 6.07) is 18.3. The van der Waals surface area contributed by atoms with Crippen molar-refractivity contribution in [3.8, 4) is 5.75 Å². The molecule has 1 saturated heterocycles. The molecule has 0 amide bonds. The maximum atomic E-state index is 6.55. The molecular formula is C24H24N6OS. The number of pyridine rings is 1. The van der Waals surface area contributed by atoms with Gasteiger partial charge in [0.15, 0.2) is 5.82 Å². The molecule has 4 aromatic rings. The standard InChI is InChI=1S/C24H24N6OS/c1-31-19-9-7-18(8-10-19)29-12-14-30(15-13-29)23-21(25)24(28-16-27-23)32-20-6-2-4-17-5-3-11-26-22(17)20/h2-11,16H,12-15,25H2,1H3. The molecule has 1 fully saturated rings. The number of anilines is 3. The van der Waals surface area contributed by atoms with Crippen molar-refractivity contribution in [3.63, 3.8) is 0 Å². The molecule has 0 spiro atoms. The van der Waals surface area contributed by atoms with Crippen LogP contribution in [-0.2, 0) is 0 Å². The van der Waals surface area contributed by atoms with Gasteiger partial charge in [-0.1, -0.05) is 30.0 Å². The number of ether oxygens (including phenoxy) is 1. The number of benzene rings is 2. The molecule has 32 heavy (non-hydrogen) atoms. The van der Waals surface area contributed by atoms with Gasteiger partial charge in [-0.25, -0.2) is 9.97 Å². The van der Waals surface area contributed by atoms with Crippen LogP contribution in [0.3, 0.4) is 0 Å². The van der Waals surface area contributed by atoms with Gasteiger partial charge in [0.2, 0.25) is 0 Å². The van der Waals surface area contributed by atoms with Gasteiger partial charge in [0.1, 0.15) is 22.8 Å². The van der Waals surface area contributed by atoms with Crippen molar-refractivity contribution in [1.29, 1.82) is 0 Å². The number of nitrogen functional groups attached to an aromatic ring is 1.